The van der Waals surface area contributed by atoms with Crippen LogP contribution in [0.15, 0.2) is 36.4 Å². The van der Waals surface area contributed by atoms with E-state index in [1.807, 2.05) is 43.0 Å². The minimum atomic E-state index is 0.130. The number of carbonyl (C=O) groups excluding carboxylic acids is 1. The molecule has 22 heavy (non-hydrogen) atoms. The first-order valence-electron chi connectivity index (χ1n) is 7.92. The van der Waals surface area contributed by atoms with Gasteiger partial charge >= 0.3 is 0 Å². The third kappa shape index (κ3) is 4.85. The first-order valence-corrected chi connectivity index (χ1v) is 8.30. The summed E-state index contributed by atoms with van der Waals surface area (Å²) < 4.78 is 0. The Balaban J connectivity index is 1.95. The summed E-state index contributed by atoms with van der Waals surface area (Å²) in [4.78, 5) is 14.2. The Kier molecular flexibility index (Phi) is 6.04. The number of amides is 1. The molecule has 1 aromatic carbocycles. The fourth-order valence-corrected chi connectivity index (χ4v) is 2.79. The molecule has 3 nitrogen and oxygen atoms in total. The smallest absolute Gasteiger partial charge is 0.236 e. The lowest BCUT2D eigenvalue weighted by molar-refractivity contribution is -0.129. The molecule has 0 radical (unpaired) electrons. The van der Waals surface area contributed by atoms with Gasteiger partial charge in [0, 0.05) is 24.2 Å². The van der Waals surface area contributed by atoms with E-state index in [0.29, 0.717) is 25.6 Å². The first kappa shape index (κ1) is 17.0. The highest BCUT2D eigenvalue weighted by molar-refractivity contribution is 6.30. The second-order valence-corrected chi connectivity index (χ2v) is 6.55. The van der Waals surface area contributed by atoms with Crippen LogP contribution >= 0.6 is 11.6 Å². The van der Waals surface area contributed by atoms with E-state index in [0.717, 1.165) is 10.6 Å². The Morgan fingerprint density at radius 1 is 1.41 bits per heavy atom. The summed E-state index contributed by atoms with van der Waals surface area (Å²) in [5.41, 5.74) is 2.22. The number of nitrogens with zero attached hydrogens (tertiary/aromatic N) is 1. The van der Waals surface area contributed by atoms with Crippen molar-refractivity contribution in [3.63, 3.8) is 0 Å². The number of likely N-dealkylation sites (N-methyl/N-ethyl adjacent to an activating group) is 1. The zero-order valence-electron chi connectivity index (χ0n) is 13.4. The molecule has 1 aromatic rings. The number of hydrogen-bond acceptors (Lipinski definition) is 2. The normalized spacial score (nSPS) is 15.4. The molecular formula is C18H25ClN2O. The van der Waals surface area contributed by atoms with Crippen LogP contribution in [0.25, 0.3) is 0 Å². The molecule has 120 valence electrons. The molecule has 1 amide bonds. The van der Waals surface area contributed by atoms with Crippen molar-refractivity contribution in [3.05, 3.63) is 47.0 Å². The minimum absolute atomic E-state index is 0.130. The fourth-order valence-electron chi connectivity index (χ4n) is 2.67. The molecule has 0 aromatic heterocycles. The zero-order valence-corrected chi connectivity index (χ0v) is 14.2. The number of rotatable bonds is 8. The number of carbonyl (C=O) groups is 1. The van der Waals surface area contributed by atoms with Crippen molar-refractivity contribution in [1.29, 1.82) is 0 Å². The van der Waals surface area contributed by atoms with Crippen LogP contribution in [0.5, 0.6) is 0 Å². The van der Waals surface area contributed by atoms with Gasteiger partial charge in [0.1, 0.15) is 0 Å². The van der Waals surface area contributed by atoms with Gasteiger partial charge in [0.15, 0.2) is 0 Å². The van der Waals surface area contributed by atoms with E-state index >= 15 is 0 Å². The van der Waals surface area contributed by atoms with Crippen molar-refractivity contribution in [2.75, 3.05) is 19.6 Å². The van der Waals surface area contributed by atoms with Gasteiger partial charge < -0.3 is 10.2 Å². The van der Waals surface area contributed by atoms with Crippen LogP contribution in [-0.4, -0.2) is 30.4 Å². The number of halogens is 1. The molecule has 4 heteroatoms. The summed E-state index contributed by atoms with van der Waals surface area (Å²) in [6, 6.07) is 8.16. The van der Waals surface area contributed by atoms with Crippen LogP contribution in [0.3, 0.4) is 0 Å². The average Bonchev–Trinajstić information content (AvgIpc) is 3.31. The van der Waals surface area contributed by atoms with Gasteiger partial charge in [-0.05, 0) is 50.3 Å². The summed E-state index contributed by atoms with van der Waals surface area (Å²) in [6.07, 6.45) is 2.44. The third-order valence-electron chi connectivity index (χ3n) is 3.99. The fraction of sp³-hybridized carbons (Fsp3) is 0.500. The van der Waals surface area contributed by atoms with E-state index in [2.05, 4.69) is 11.9 Å². The molecule has 1 unspecified atom stereocenters. The van der Waals surface area contributed by atoms with E-state index < -0.39 is 0 Å². The van der Waals surface area contributed by atoms with Gasteiger partial charge in [-0.15, -0.1) is 0 Å². The van der Waals surface area contributed by atoms with E-state index in [4.69, 9.17) is 11.6 Å². The minimum Gasteiger partial charge on any atom is -0.338 e. The Labute approximate surface area is 138 Å². The van der Waals surface area contributed by atoms with Gasteiger partial charge in [-0.3, -0.25) is 4.79 Å². The predicted molar refractivity (Wildman–Crippen MR) is 92.0 cm³/mol. The van der Waals surface area contributed by atoms with Gasteiger partial charge in [0.25, 0.3) is 0 Å². The SMILES string of the molecule is C=C(C)CN(CC)C(=O)CNC(c1ccc(Cl)cc1)C1CC1. The molecule has 1 fully saturated rings. The summed E-state index contributed by atoms with van der Waals surface area (Å²) in [6.45, 7) is 9.54. The largest absolute Gasteiger partial charge is 0.338 e. The molecule has 0 saturated heterocycles. The van der Waals surface area contributed by atoms with Gasteiger partial charge in [-0.2, -0.15) is 0 Å². The standard InChI is InChI=1S/C18H25ClN2O/c1-4-21(12-13(2)3)17(22)11-20-18(14-5-6-14)15-7-9-16(19)10-8-15/h7-10,14,18,20H,2,4-6,11-12H2,1,3H3. The van der Waals surface area contributed by atoms with E-state index in [-0.39, 0.29) is 11.9 Å². The topological polar surface area (TPSA) is 32.3 Å². The van der Waals surface area contributed by atoms with Gasteiger partial charge in [-0.1, -0.05) is 35.9 Å². The van der Waals surface area contributed by atoms with E-state index in [1.54, 1.807) is 0 Å². The van der Waals surface area contributed by atoms with Crippen LogP contribution < -0.4 is 5.32 Å². The van der Waals surface area contributed by atoms with Crippen LogP contribution in [0.4, 0.5) is 0 Å². The molecule has 1 aliphatic carbocycles. The van der Waals surface area contributed by atoms with Crippen LogP contribution in [0.1, 0.15) is 38.3 Å². The maximum Gasteiger partial charge on any atom is 0.236 e. The highest BCUT2D eigenvalue weighted by Gasteiger charge is 2.32. The van der Waals surface area contributed by atoms with Crippen molar-refractivity contribution in [2.24, 2.45) is 5.92 Å². The van der Waals surface area contributed by atoms with Crippen LogP contribution in [0.2, 0.25) is 5.02 Å². The van der Waals surface area contributed by atoms with E-state index in [1.165, 1.54) is 18.4 Å². The number of nitrogens with one attached hydrogen (secondary N) is 1. The quantitative estimate of drug-likeness (QED) is 0.739. The van der Waals surface area contributed by atoms with Gasteiger partial charge in [0.2, 0.25) is 5.91 Å². The number of benzene rings is 1. The highest BCUT2D eigenvalue weighted by atomic mass is 35.5. The molecule has 1 atom stereocenters. The molecule has 1 saturated carbocycles. The highest BCUT2D eigenvalue weighted by Crippen LogP contribution is 2.41. The summed E-state index contributed by atoms with van der Waals surface area (Å²) >= 11 is 5.96. The maximum atomic E-state index is 12.3. The van der Waals surface area contributed by atoms with Crippen molar-refractivity contribution in [1.82, 2.24) is 10.2 Å². The predicted octanol–water partition coefficient (Wildman–Crippen LogP) is 3.81. The molecule has 1 N–H and O–H groups in total. The second-order valence-electron chi connectivity index (χ2n) is 6.11. The zero-order chi connectivity index (χ0) is 16.1. The Morgan fingerprint density at radius 3 is 2.55 bits per heavy atom. The molecule has 2 rings (SSSR count). The van der Waals surface area contributed by atoms with Crippen molar-refractivity contribution in [3.8, 4) is 0 Å². The summed E-state index contributed by atoms with van der Waals surface area (Å²) in [5, 5.41) is 4.18. The summed E-state index contributed by atoms with van der Waals surface area (Å²) in [7, 11) is 0. The molecule has 0 aliphatic heterocycles. The van der Waals surface area contributed by atoms with Crippen LogP contribution in [-0.2, 0) is 4.79 Å². The van der Waals surface area contributed by atoms with Gasteiger partial charge in [0.05, 0.1) is 6.54 Å². The molecule has 1 aliphatic rings. The Hall–Kier alpha value is -1.32. The molecule has 0 heterocycles. The third-order valence-corrected chi connectivity index (χ3v) is 4.24. The van der Waals surface area contributed by atoms with E-state index in [9.17, 15) is 4.79 Å². The van der Waals surface area contributed by atoms with Crippen molar-refractivity contribution < 1.29 is 4.79 Å². The Morgan fingerprint density at radius 2 is 2.05 bits per heavy atom. The number of hydrogen-bond donors (Lipinski definition) is 1. The van der Waals surface area contributed by atoms with Gasteiger partial charge in [-0.25, -0.2) is 0 Å². The molecule has 0 spiro atoms. The van der Waals surface area contributed by atoms with Crippen LogP contribution in [0, 0.1) is 5.92 Å². The maximum absolute atomic E-state index is 12.3. The lowest BCUT2D eigenvalue weighted by Crippen LogP contribution is -2.40. The lowest BCUT2D eigenvalue weighted by Gasteiger charge is -2.24. The molecular weight excluding hydrogens is 296 g/mol. The monoisotopic (exact) mass is 320 g/mol. The second kappa shape index (κ2) is 7.80. The average molecular weight is 321 g/mol. The lowest BCUT2D eigenvalue weighted by atomic mass is 10.0. The van der Waals surface area contributed by atoms with Crippen molar-refractivity contribution >= 4 is 17.5 Å². The molecule has 0 bridgehead atoms. The van der Waals surface area contributed by atoms with Crippen molar-refractivity contribution in [2.45, 2.75) is 32.7 Å². The Bertz CT molecular complexity index is 522. The first-order chi connectivity index (χ1) is 10.5. The summed E-state index contributed by atoms with van der Waals surface area (Å²) in [5.74, 6) is 0.760.